The van der Waals surface area contributed by atoms with Gasteiger partial charge in [0.15, 0.2) is 0 Å². The van der Waals surface area contributed by atoms with Gasteiger partial charge < -0.3 is 15.2 Å². The van der Waals surface area contributed by atoms with E-state index >= 15 is 0 Å². The molecule has 0 aromatic heterocycles. The van der Waals surface area contributed by atoms with Gasteiger partial charge in [0, 0.05) is 5.69 Å². The number of hydrogen-bond acceptors (Lipinski definition) is 4. The number of esters is 1. The smallest absolute Gasteiger partial charge is 0.338 e. The molecule has 0 bridgehead atoms. The standard InChI is InChI=1S/C14H18FNO3/c1-14(2)4-3-12(19-14)8-18-13(17)9-5-10(15)7-11(16)6-9/h5-7,12H,3-4,8,16H2,1-2H3. The monoisotopic (exact) mass is 267 g/mol. The fraction of sp³-hybridized carbons (Fsp3) is 0.500. The van der Waals surface area contributed by atoms with Gasteiger partial charge in [0.1, 0.15) is 12.4 Å². The lowest BCUT2D eigenvalue weighted by Crippen LogP contribution is -2.24. The van der Waals surface area contributed by atoms with Crippen molar-refractivity contribution in [3.05, 3.63) is 29.6 Å². The Balaban J connectivity index is 1.91. The molecule has 1 aromatic carbocycles. The summed E-state index contributed by atoms with van der Waals surface area (Å²) in [5, 5.41) is 0. The molecular formula is C14H18FNO3. The molecule has 1 fully saturated rings. The first-order valence-electron chi connectivity index (χ1n) is 6.27. The third-order valence-electron chi connectivity index (χ3n) is 3.11. The maximum Gasteiger partial charge on any atom is 0.338 e. The van der Waals surface area contributed by atoms with E-state index in [0.717, 1.165) is 25.0 Å². The highest BCUT2D eigenvalue weighted by molar-refractivity contribution is 5.90. The first-order chi connectivity index (χ1) is 8.85. The number of hydrogen-bond donors (Lipinski definition) is 1. The molecule has 0 amide bonds. The number of carbonyl (C=O) groups excluding carboxylic acids is 1. The van der Waals surface area contributed by atoms with Crippen molar-refractivity contribution in [3.8, 4) is 0 Å². The van der Waals surface area contributed by atoms with Crippen LogP contribution >= 0.6 is 0 Å². The normalized spacial score (nSPS) is 21.3. The molecule has 4 nitrogen and oxygen atoms in total. The molecule has 104 valence electrons. The van der Waals surface area contributed by atoms with E-state index in [-0.39, 0.29) is 29.6 Å². The van der Waals surface area contributed by atoms with Gasteiger partial charge in [-0.15, -0.1) is 0 Å². The van der Waals surface area contributed by atoms with Crippen molar-refractivity contribution in [2.24, 2.45) is 0 Å². The Labute approximate surface area is 111 Å². The maximum atomic E-state index is 13.1. The molecule has 19 heavy (non-hydrogen) atoms. The van der Waals surface area contributed by atoms with E-state index in [1.165, 1.54) is 6.07 Å². The van der Waals surface area contributed by atoms with Crippen LogP contribution in [0.4, 0.5) is 10.1 Å². The van der Waals surface area contributed by atoms with Gasteiger partial charge in [-0.2, -0.15) is 0 Å². The number of nitrogens with two attached hydrogens (primary N) is 1. The fourth-order valence-electron chi connectivity index (χ4n) is 2.18. The van der Waals surface area contributed by atoms with Gasteiger partial charge in [-0.3, -0.25) is 0 Å². The number of carbonyl (C=O) groups is 1. The summed E-state index contributed by atoms with van der Waals surface area (Å²) in [6, 6.07) is 3.66. The number of halogens is 1. The van der Waals surface area contributed by atoms with E-state index in [1.807, 2.05) is 13.8 Å². The Morgan fingerprint density at radius 3 is 2.84 bits per heavy atom. The Morgan fingerprint density at radius 1 is 1.53 bits per heavy atom. The summed E-state index contributed by atoms with van der Waals surface area (Å²) < 4.78 is 24.0. The predicted octanol–water partition coefficient (Wildman–Crippen LogP) is 2.52. The van der Waals surface area contributed by atoms with Gasteiger partial charge >= 0.3 is 5.97 Å². The zero-order chi connectivity index (χ0) is 14.0. The zero-order valence-corrected chi connectivity index (χ0v) is 11.1. The van der Waals surface area contributed by atoms with Gasteiger partial charge in [-0.1, -0.05) is 0 Å². The quantitative estimate of drug-likeness (QED) is 0.675. The van der Waals surface area contributed by atoms with Crippen molar-refractivity contribution in [2.75, 3.05) is 12.3 Å². The molecule has 1 atom stereocenters. The number of anilines is 1. The van der Waals surface area contributed by atoms with Crippen LogP contribution in [0.5, 0.6) is 0 Å². The lowest BCUT2D eigenvalue weighted by Gasteiger charge is -2.19. The van der Waals surface area contributed by atoms with Gasteiger partial charge in [-0.25, -0.2) is 9.18 Å². The van der Waals surface area contributed by atoms with Crippen molar-refractivity contribution < 1.29 is 18.7 Å². The summed E-state index contributed by atoms with van der Waals surface area (Å²) in [6.07, 6.45) is 1.69. The highest BCUT2D eigenvalue weighted by Crippen LogP contribution is 2.29. The lowest BCUT2D eigenvalue weighted by molar-refractivity contribution is -0.0444. The lowest BCUT2D eigenvalue weighted by atomic mass is 10.1. The molecule has 1 aliphatic rings. The second kappa shape index (κ2) is 5.17. The summed E-state index contributed by atoms with van der Waals surface area (Å²) >= 11 is 0. The number of benzene rings is 1. The molecule has 1 unspecified atom stereocenters. The van der Waals surface area contributed by atoms with Gasteiger partial charge in [0.05, 0.1) is 17.3 Å². The second-order valence-electron chi connectivity index (χ2n) is 5.41. The summed E-state index contributed by atoms with van der Waals surface area (Å²) in [6.45, 7) is 4.18. The van der Waals surface area contributed by atoms with Gasteiger partial charge in [-0.05, 0) is 44.9 Å². The van der Waals surface area contributed by atoms with Gasteiger partial charge in [0.25, 0.3) is 0 Å². The number of rotatable bonds is 3. The van der Waals surface area contributed by atoms with Crippen LogP contribution in [-0.4, -0.2) is 24.3 Å². The van der Waals surface area contributed by atoms with E-state index in [9.17, 15) is 9.18 Å². The van der Waals surface area contributed by atoms with Gasteiger partial charge in [0.2, 0.25) is 0 Å². The van der Waals surface area contributed by atoms with Crippen molar-refractivity contribution >= 4 is 11.7 Å². The van der Waals surface area contributed by atoms with Crippen molar-refractivity contribution in [3.63, 3.8) is 0 Å². The van der Waals surface area contributed by atoms with Crippen LogP contribution in [0.1, 0.15) is 37.0 Å². The predicted molar refractivity (Wildman–Crippen MR) is 69.3 cm³/mol. The third-order valence-corrected chi connectivity index (χ3v) is 3.11. The minimum Gasteiger partial charge on any atom is -0.459 e. The molecule has 2 N–H and O–H groups in total. The molecule has 1 heterocycles. The third kappa shape index (κ3) is 3.67. The molecule has 0 radical (unpaired) electrons. The molecule has 1 aromatic rings. The van der Waals surface area contributed by atoms with E-state index in [2.05, 4.69) is 0 Å². The van der Waals surface area contributed by atoms with Crippen molar-refractivity contribution in [2.45, 2.75) is 38.4 Å². The maximum absolute atomic E-state index is 13.1. The summed E-state index contributed by atoms with van der Waals surface area (Å²) in [7, 11) is 0. The van der Waals surface area contributed by atoms with Crippen LogP contribution in [-0.2, 0) is 9.47 Å². The Morgan fingerprint density at radius 2 is 2.26 bits per heavy atom. The van der Waals surface area contributed by atoms with Crippen molar-refractivity contribution in [1.29, 1.82) is 0 Å². The average Bonchev–Trinajstić information content (AvgIpc) is 2.64. The summed E-state index contributed by atoms with van der Waals surface area (Å²) in [5.74, 6) is -1.13. The second-order valence-corrected chi connectivity index (χ2v) is 5.41. The molecule has 1 saturated heterocycles. The largest absolute Gasteiger partial charge is 0.459 e. The molecular weight excluding hydrogens is 249 g/mol. The fourth-order valence-corrected chi connectivity index (χ4v) is 2.18. The highest BCUT2D eigenvalue weighted by Gasteiger charge is 2.32. The van der Waals surface area contributed by atoms with E-state index in [4.69, 9.17) is 15.2 Å². The Bertz CT molecular complexity index is 467. The van der Waals surface area contributed by atoms with E-state index in [1.54, 1.807) is 0 Å². The van der Waals surface area contributed by atoms with Crippen molar-refractivity contribution in [1.82, 2.24) is 0 Å². The van der Waals surface area contributed by atoms with Crippen LogP contribution < -0.4 is 5.73 Å². The minimum atomic E-state index is -0.584. The molecule has 0 aliphatic carbocycles. The average molecular weight is 267 g/mol. The topological polar surface area (TPSA) is 61.5 Å². The number of nitrogen functional groups attached to an aromatic ring is 1. The minimum absolute atomic E-state index is 0.0927. The first kappa shape index (κ1) is 13.8. The first-order valence-corrected chi connectivity index (χ1v) is 6.27. The SMILES string of the molecule is CC1(C)CCC(COC(=O)c2cc(N)cc(F)c2)O1. The molecule has 1 aliphatic heterocycles. The zero-order valence-electron chi connectivity index (χ0n) is 11.1. The molecule has 0 spiro atoms. The molecule has 5 heteroatoms. The van der Waals surface area contributed by atoms with Crippen LogP contribution in [0.15, 0.2) is 18.2 Å². The van der Waals surface area contributed by atoms with Crippen LogP contribution in [0.3, 0.4) is 0 Å². The summed E-state index contributed by atoms with van der Waals surface area (Å²) in [5.41, 5.74) is 5.63. The Hall–Kier alpha value is -1.62. The van der Waals surface area contributed by atoms with E-state index in [0.29, 0.717) is 0 Å². The molecule has 2 rings (SSSR count). The number of ether oxygens (including phenoxy) is 2. The Kier molecular flexibility index (Phi) is 3.75. The van der Waals surface area contributed by atoms with Crippen LogP contribution in [0, 0.1) is 5.82 Å². The van der Waals surface area contributed by atoms with E-state index < -0.39 is 11.8 Å². The summed E-state index contributed by atoms with van der Waals surface area (Å²) in [4.78, 5) is 11.8. The highest BCUT2D eigenvalue weighted by atomic mass is 19.1. The molecule has 0 saturated carbocycles. The van der Waals surface area contributed by atoms with Crippen LogP contribution in [0.2, 0.25) is 0 Å². The van der Waals surface area contributed by atoms with Crippen LogP contribution in [0.25, 0.3) is 0 Å².